The normalized spacial score (nSPS) is 19.8. The zero-order valence-corrected chi connectivity index (χ0v) is 15.2. The molecule has 0 bridgehead atoms. The third-order valence-electron chi connectivity index (χ3n) is 3.50. The second-order valence-corrected chi connectivity index (χ2v) is 8.52. The van der Waals surface area contributed by atoms with Gasteiger partial charge in [0.15, 0.2) is 22.2 Å². The molecule has 1 aromatic carbocycles. The van der Waals surface area contributed by atoms with Crippen LogP contribution in [0.5, 0.6) is 5.75 Å². The van der Waals surface area contributed by atoms with Crippen molar-refractivity contribution in [3.8, 4) is 5.75 Å². The average Bonchev–Trinajstić information content (AvgIpc) is 2.78. The van der Waals surface area contributed by atoms with Crippen molar-refractivity contribution in [2.45, 2.75) is 12.5 Å². The lowest BCUT2D eigenvalue weighted by atomic mass is 10.2. The largest absolute Gasteiger partial charge is 0.481 e. The summed E-state index contributed by atoms with van der Waals surface area (Å²) in [5.74, 6) is -0.0639. The van der Waals surface area contributed by atoms with Gasteiger partial charge in [-0.1, -0.05) is 29.3 Å². The molecule has 0 spiro atoms. The number of hydrazine groups is 1. The number of sulfone groups is 1. The number of para-hydroxylation sites is 1. The van der Waals surface area contributed by atoms with Crippen molar-refractivity contribution in [3.63, 3.8) is 0 Å². The minimum atomic E-state index is -3.09. The zero-order chi connectivity index (χ0) is 17.2. The highest BCUT2D eigenvalue weighted by molar-refractivity contribution is 7.91. The number of carbonyl (C=O) groups excluding carboxylic acids is 1. The molecule has 1 aliphatic rings. The van der Waals surface area contributed by atoms with Gasteiger partial charge < -0.3 is 4.74 Å². The molecule has 0 aliphatic carbocycles. The van der Waals surface area contributed by atoms with Crippen LogP contribution in [0.15, 0.2) is 18.2 Å². The van der Waals surface area contributed by atoms with Crippen molar-refractivity contribution >= 4 is 38.9 Å². The summed E-state index contributed by atoms with van der Waals surface area (Å²) >= 11 is 12.0. The van der Waals surface area contributed by atoms with E-state index in [1.54, 1.807) is 37.3 Å². The van der Waals surface area contributed by atoms with Gasteiger partial charge in [-0.05, 0) is 18.6 Å². The van der Waals surface area contributed by atoms with Gasteiger partial charge in [-0.15, -0.1) is 0 Å². The van der Waals surface area contributed by atoms with E-state index < -0.39 is 9.84 Å². The summed E-state index contributed by atoms with van der Waals surface area (Å²) in [6.45, 7) is -0.280. The lowest BCUT2D eigenvalue weighted by Gasteiger charge is -2.33. The Hall–Kier alpha value is -1.02. The van der Waals surface area contributed by atoms with Crippen LogP contribution in [0.1, 0.15) is 6.42 Å². The van der Waals surface area contributed by atoms with E-state index in [-0.39, 0.29) is 35.8 Å². The molecule has 0 aromatic heterocycles. The van der Waals surface area contributed by atoms with Gasteiger partial charge in [0.25, 0.3) is 5.91 Å². The van der Waals surface area contributed by atoms with Crippen molar-refractivity contribution in [1.29, 1.82) is 0 Å². The summed E-state index contributed by atoms with van der Waals surface area (Å²) in [7, 11) is 0.280. The summed E-state index contributed by atoms with van der Waals surface area (Å²) in [6.07, 6.45) is 0.416. The van der Waals surface area contributed by atoms with Gasteiger partial charge in [-0.3, -0.25) is 9.80 Å². The van der Waals surface area contributed by atoms with Crippen molar-refractivity contribution in [1.82, 2.24) is 10.0 Å². The summed E-state index contributed by atoms with van der Waals surface area (Å²) < 4.78 is 28.7. The third kappa shape index (κ3) is 4.50. The molecule has 0 radical (unpaired) electrons. The molecule has 2 rings (SSSR count). The van der Waals surface area contributed by atoms with Crippen LogP contribution in [0.4, 0.5) is 0 Å². The zero-order valence-electron chi connectivity index (χ0n) is 12.8. The van der Waals surface area contributed by atoms with Crippen LogP contribution >= 0.6 is 23.2 Å². The molecule has 0 N–H and O–H groups in total. The number of benzene rings is 1. The molecular formula is C14H18Cl2N2O4S. The van der Waals surface area contributed by atoms with E-state index in [2.05, 4.69) is 0 Å². The van der Waals surface area contributed by atoms with Gasteiger partial charge in [0.2, 0.25) is 0 Å². The Morgan fingerprint density at radius 1 is 1.30 bits per heavy atom. The molecular weight excluding hydrogens is 363 g/mol. The smallest absolute Gasteiger partial charge is 0.275 e. The Kier molecular flexibility index (Phi) is 5.78. The molecule has 1 atom stereocenters. The fourth-order valence-electron chi connectivity index (χ4n) is 2.54. The monoisotopic (exact) mass is 380 g/mol. The van der Waals surface area contributed by atoms with Crippen LogP contribution < -0.4 is 4.74 Å². The standard InChI is InChI=1S/C14H18Cl2N2O4S/c1-17(2)18(10-6-7-23(20,21)9-10)13(19)8-22-14-11(15)4-3-5-12(14)16/h3-5,10H,6-9H2,1-2H3/t10-/m1/s1. The second kappa shape index (κ2) is 7.25. The highest BCUT2D eigenvalue weighted by Gasteiger charge is 2.36. The Morgan fingerprint density at radius 2 is 1.91 bits per heavy atom. The molecule has 6 nitrogen and oxygen atoms in total. The minimum Gasteiger partial charge on any atom is -0.481 e. The van der Waals surface area contributed by atoms with Crippen molar-refractivity contribution in [2.75, 3.05) is 32.2 Å². The highest BCUT2D eigenvalue weighted by atomic mass is 35.5. The van der Waals surface area contributed by atoms with Crippen molar-refractivity contribution in [2.24, 2.45) is 0 Å². The van der Waals surface area contributed by atoms with E-state index in [4.69, 9.17) is 27.9 Å². The first kappa shape index (κ1) is 18.3. The maximum atomic E-state index is 12.5. The minimum absolute atomic E-state index is 0.0379. The Labute approximate surface area is 145 Å². The lowest BCUT2D eigenvalue weighted by Crippen LogP contribution is -2.51. The number of rotatable bonds is 5. The number of halogens is 2. The topological polar surface area (TPSA) is 66.9 Å². The van der Waals surface area contributed by atoms with E-state index >= 15 is 0 Å². The van der Waals surface area contributed by atoms with Crippen LogP contribution in [0.2, 0.25) is 10.0 Å². The van der Waals surface area contributed by atoms with E-state index in [1.165, 1.54) is 5.01 Å². The van der Waals surface area contributed by atoms with Gasteiger partial charge in [-0.25, -0.2) is 13.4 Å². The molecule has 1 fully saturated rings. The Morgan fingerprint density at radius 3 is 2.39 bits per heavy atom. The fourth-order valence-corrected chi connectivity index (χ4v) is 4.74. The third-order valence-corrected chi connectivity index (χ3v) is 5.85. The summed E-state index contributed by atoms with van der Waals surface area (Å²) in [6, 6.07) is 4.52. The Balaban J connectivity index is 2.08. The number of ether oxygens (including phenoxy) is 1. The number of amides is 1. The van der Waals surface area contributed by atoms with E-state index in [0.29, 0.717) is 16.5 Å². The molecule has 1 aromatic rings. The summed E-state index contributed by atoms with van der Waals surface area (Å²) in [5.41, 5.74) is 0. The predicted octanol–water partition coefficient (Wildman–Crippen LogP) is 1.86. The lowest BCUT2D eigenvalue weighted by molar-refractivity contribution is -0.151. The van der Waals surface area contributed by atoms with Crippen LogP contribution in [0.3, 0.4) is 0 Å². The van der Waals surface area contributed by atoms with E-state index in [1.807, 2.05) is 0 Å². The predicted molar refractivity (Wildman–Crippen MR) is 89.5 cm³/mol. The maximum absolute atomic E-state index is 12.5. The first-order valence-corrected chi connectivity index (χ1v) is 9.55. The average molecular weight is 381 g/mol. The first-order chi connectivity index (χ1) is 10.7. The molecule has 23 heavy (non-hydrogen) atoms. The highest BCUT2D eigenvalue weighted by Crippen LogP contribution is 2.32. The maximum Gasteiger partial charge on any atom is 0.275 e. The molecule has 1 heterocycles. The van der Waals surface area contributed by atoms with Gasteiger partial charge in [-0.2, -0.15) is 0 Å². The molecule has 128 valence electrons. The van der Waals surface area contributed by atoms with Gasteiger partial charge >= 0.3 is 0 Å². The molecule has 1 aliphatic heterocycles. The number of carbonyl (C=O) groups is 1. The van der Waals surface area contributed by atoms with Crippen LogP contribution in [0, 0.1) is 0 Å². The number of hydrogen-bond donors (Lipinski definition) is 0. The number of nitrogens with zero attached hydrogens (tertiary/aromatic N) is 2. The summed E-state index contributed by atoms with van der Waals surface area (Å²) in [5, 5.41) is 3.61. The van der Waals surface area contributed by atoms with Gasteiger partial charge in [0, 0.05) is 14.1 Å². The Bertz CT molecular complexity index is 674. The molecule has 1 saturated heterocycles. The second-order valence-electron chi connectivity index (χ2n) is 5.48. The molecule has 9 heteroatoms. The van der Waals surface area contributed by atoms with E-state index in [0.717, 1.165) is 0 Å². The molecule has 0 unspecified atom stereocenters. The van der Waals surface area contributed by atoms with Crippen LogP contribution in [0.25, 0.3) is 0 Å². The summed E-state index contributed by atoms with van der Waals surface area (Å²) in [4.78, 5) is 12.5. The van der Waals surface area contributed by atoms with Gasteiger partial charge in [0.1, 0.15) is 0 Å². The number of hydrogen-bond acceptors (Lipinski definition) is 5. The quantitative estimate of drug-likeness (QED) is 0.729. The van der Waals surface area contributed by atoms with Crippen molar-refractivity contribution < 1.29 is 17.9 Å². The fraction of sp³-hybridized carbons (Fsp3) is 0.500. The van der Waals surface area contributed by atoms with Gasteiger partial charge in [0.05, 0.1) is 27.6 Å². The van der Waals surface area contributed by atoms with Crippen LogP contribution in [-0.4, -0.2) is 62.6 Å². The van der Waals surface area contributed by atoms with Crippen LogP contribution in [-0.2, 0) is 14.6 Å². The van der Waals surface area contributed by atoms with Crippen molar-refractivity contribution in [3.05, 3.63) is 28.2 Å². The SMILES string of the molecule is CN(C)N(C(=O)COc1c(Cl)cccc1Cl)[C@@H]1CCS(=O)(=O)C1. The molecule has 0 saturated carbocycles. The van der Waals surface area contributed by atoms with E-state index in [9.17, 15) is 13.2 Å². The molecule has 1 amide bonds. The first-order valence-electron chi connectivity index (χ1n) is 6.98.